The fraction of sp³-hybridized carbons (Fsp3) is 0.316. The first-order valence-electron chi connectivity index (χ1n) is 7.88. The van der Waals surface area contributed by atoms with Gasteiger partial charge in [0.1, 0.15) is 5.37 Å². The standard InChI is InChI=1S/C19H22N2OS/c1-13-8-9-16(15(3)12-13)18-21(10-11-23-18)19(22)20-17-7-5-4-6-14(17)2/h4-9,12,18H,10-11H2,1-3H3,(H,20,22)/t18-/m0/s1. The Morgan fingerprint density at radius 3 is 2.65 bits per heavy atom. The van der Waals surface area contributed by atoms with Gasteiger partial charge in [0, 0.05) is 18.0 Å². The van der Waals surface area contributed by atoms with Crippen LogP contribution < -0.4 is 5.32 Å². The molecule has 1 N–H and O–H groups in total. The van der Waals surface area contributed by atoms with Crippen LogP contribution in [-0.4, -0.2) is 23.2 Å². The zero-order chi connectivity index (χ0) is 16.4. The van der Waals surface area contributed by atoms with Gasteiger partial charge >= 0.3 is 6.03 Å². The molecule has 120 valence electrons. The van der Waals surface area contributed by atoms with Gasteiger partial charge in [-0.2, -0.15) is 0 Å². The van der Waals surface area contributed by atoms with Crippen molar-refractivity contribution in [2.45, 2.75) is 26.1 Å². The molecule has 3 rings (SSSR count). The maximum Gasteiger partial charge on any atom is 0.323 e. The van der Waals surface area contributed by atoms with Gasteiger partial charge in [0.25, 0.3) is 0 Å². The van der Waals surface area contributed by atoms with Crippen LogP contribution in [0.2, 0.25) is 0 Å². The van der Waals surface area contributed by atoms with Crippen molar-refractivity contribution >= 4 is 23.5 Å². The van der Waals surface area contributed by atoms with Crippen LogP contribution >= 0.6 is 11.8 Å². The van der Waals surface area contributed by atoms with Gasteiger partial charge in [0.15, 0.2) is 0 Å². The van der Waals surface area contributed by atoms with Crippen molar-refractivity contribution in [1.29, 1.82) is 0 Å². The predicted molar refractivity (Wildman–Crippen MR) is 98.0 cm³/mol. The highest BCUT2D eigenvalue weighted by molar-refractivity contribution is 7.99. The van der Waals surface area contributed by atoms with Gasteiger partial charge < -0.3 is 10.2 Å². The van der Waals surface area contributed by atoms with Gasteiger partial charge in [-0.15, -0.1) is 11.8 Å². The number of hydrogen-bond acceptors (Lipinski definition) is 2. The smallest absolute Gasteiger partial charge is 0.308 e. The topological polar surface area (TPSA) is 32.3 Å². The largest absolute Gasteiger partial charge is 0.323 e. The highest BCUT2D eigenvalue weighted by Gasteiger charge is 2.31. The van der Waals surface area contributed by atoms with E-state index in [-0.39, 0.29) is 11.4 Å². The molecule has 0 radical (unpaired) electrons. The number of hydrogen-bond donors (Lipinski definition) is 1. The maximum absolute atomic E-state index is 12.7. The molecule has 0 bridgehead atoms. The molecular formula is C19H22N2OS. The Morgan fingerprint density at radius 2 is 1.91 bits per heavy atom. The van der Waals surface area contributed by atoms with Crippen LogP contribution in [0, 0.1) is 20.8 Å². The highest BCUT2D eigenvalue weighted by atomic mass is 32.2. The number of urea groups is 1. The molecule has 0 spiro atoms. The molecule has 23 heavy (non-hydrogen) atoms. The summed E-state index contributed by atoms with van der Waals surface area (Å²) in [5.41, 5.74) is 5.70. The first kappa shape index (κ1) is 15.9. The summed E-state index contributed by atoms with van der Waals surface area (Å²) in [6.07, 6.45) is 0. The van der Waals surface area contributed by atoms with E-state index in [4.69, 9.17) is 0 Å². The third-order valence-corrected chi connectivity index (χ3v) is 5.47. The summed E-state index contributed by atoms with van der Waals surface area (Å²) in [5.74, 6) is 0.971. The summed E-state index contributed by atoms with van der Waals surface area (Å²) in [7, 11) is 0. The number of amides is 2. The number of nitrogens with zero attached hydrogens (tertiary/aromatic N) is 1. The SMILES string of the molecule is Cc1ccc([C@@H]2SCCN2C(=O)Nc2ccccc2C)c(C)c1. The van der Waals surface area contributed by atoms with Crippen molar-refractivity contribution in [2.75, 3.05) is 17.6 Å². The molecule has 1 aliphatic rings. The number of para-hydroxylation sites is 1. The molecule has 1 saturated heterocycles. The van der Waals surface area contributed by atoms with E-state index in [9.17, 15) is 4.79 Å². The molecule has 1 heterocycles. The minimum atomic E-state index is -0.0192. The number of nitrogens with one attached hydrogen (secondary N) is 1. The second kappa shape index (κ2) is 6.67. The number of carbonyl (C=O) groups excluding carboxylic acids is 1. The molecule has 3 nitrogen and oxygen atoms in total. The molecular weight excluding hydrogens is 304 g/mol. The highest BCUT2D eigenvalue weighted by Crippen LogP contribution is 2.39. The Morgan fingerprint density at radius 1 is 1.13 bits per heavy atom. The molecule has 1 atom stereocenters. The number of anilines is 1. The van der Waals surface area contributed by atoms with Gasteiger partial charge in [-0.1, -0.05) is 42.0 Å². The number of benzene rings is 2. The quantitative estimate of drug-likeness (QED) is 0.852. The number of aryl methyl sites for hydroxylation is 3. The fourth-order valence-electron chi connectivity index (χ4n) is 2.94. The summed E-state index contributed by atoms with van der Waals surface area (Å²) in [4.78, 5) is 14.7. The summed E-state index contributed by atoms with van der Waals surface area (Å²) in [6, 6.07) is 14.3. The van der Waals surface area contributed by atoms with Crippen LogP contribution in [0.1, 0.15) is 27.6 Å². The third kappa shape index (κ3) is 3.37. The van der Waals surface area contributed by atoms with E-state index in [0.717, 1.165) is 23.5 Å². The van der Waals surface area contributed by atoms with Gasteiger partial charge in [0.2, 0.25) is 0 Å². The summed E-state index contributed by atoms with van der Waals surface area (Å²) in [6.45, 7) is 7.01. The Bertz CT molecular complexity index is 729. The predicted octanol–water partition coefficient (Wildman–Crippen LogP) is 4.89. The summed E-state index contributed by atoms with van der Waals surface area (Å²) in [5, 5.41) is 3.15. The van der Waals surface area contributed by atoms with Crippen LogP contribution in [-0.2, 0) is 0 Å². The average molecular weight is 326 g/mol. The maximum atomic E-state index is 12.7. The van der Waals surface area contributed by atoms with Gasteiger partial charge in [0.05, 0.1) is 0 Å². The molecule has 2 amide bonds. The second-order valence-electron chi connectivity index (χ2n) is 6.02. The number of carbonyl (C=O) groups is 1. The minimum absolute atomic E-state index is 0.0192. The lowest BCUT2D eigenvalue weighted by atomic mass is 10.1. The third-order valence-electron chi connectivity index (χ3n) is 4.23. The lowest BCUT2D eigenvalue weighted by Crippen LogP contribution is -2.34. The van der Waals surface area contributed by atoms with Gasteiger partial charge in [-0.3, -0.25) is 0 Å². The van der Waals surface area contributed by atoms with Crippen LogP contribution in [0.15, 0.2) is 42.5 Å². The van der Waals surface area contributed by atoms with Crippen molar-refractivity contribution in [3.63, 3.8) is 0 Å². The second-order valence-corrected chi connectivity index (χ2v) is 7.21. The molecule has 2 aromatic carbocycles. The van der Waals surface area contributed by atoms with E-state index in [2.05, 4.69) is 37.4 Å². The Kier molecular flexibility index (Phi) is 4.62. The zero-order valence-corrected chi connectivity index (χ0v) is 14.6. The first-order valence-corrected chi connectivity index (χ1v) is 8.93. The van der Waals surface area contributed by atoms with E-state index in [1.54, 1.807) is 0 Å². The van der Waals surface area contributed by atoms with Gasteiger partial charge in [-0.25, -0.2) is 4.79 Å². The molecule has 1 fully saturated rings. The van der Waals surface area contributed by atoms with Crippen molar-refractivity contribution < 1.29 is 4.79 Å². The van der Waals surface area contributed by atoms with Crippen LogP contribution in [0.5, 0.6) is 0 Å². The lowest BCUT2D eigenvalue weighted by Gasteiger charge is -2.26. The first-order chi connectivity index (χ1) is 11.1. The van der Waals surface area contributed by atoms with Crippen molar-refractivity contribution in [2.24, 2.45) is 0 Å². The summed E-state index contributed by atoms with van der Waals surface area (Å²) < 4.78 is 0. The van der Waals surface area contributed by atoms with E-state index in [0.29, 0.717) is 0 Å². The van der Waals surface area contributed by atoms with Crippen LogP contribution in [0.4, 0.5) is 10.5 Å². The molecule has 1 aliphatic heterocycles. The normalized spacial score (nSPS) is 17.3. The van der Waals surface area contributed by atoms with E-state index in [1.165, 1.54) is 16.7 Å². The molecule has 0 aromatic heterocycles. The molecule has 2 aromatic rings. The fourth-order valence-corrected chi connectivity index (χ4v) is 4.29. The van der Waals surface area contributed by atoms with Crippen LogP contribution in [0.25, 0.3) is 0 Å². The minimum Gasteiger partial charge on any atom is -0.308 e. The number of thioether (sulfide) groups is 1. The van der Waals surface area contributed by atoms with E-state index in [1.807, 2.05) is 47.9 Å². The van der Waals surface area contributed by atoms with Crippen molar-refractivity contribution in [1.82, 2.24) is 4.90 Å². The Labute approximate surface area is 142 Å². The van der Waals surface area contributed by atoms with E-state index < -0.39 is 0 Å². The molecule has 0 unspecified atom stereocenters. The molecule has 4 heteroatoms. The lowest BCUT2D eigenvalue weighted by molar-refractivity contribution is 0.214. The zero-order valence-electron chi connectivity index (χ0n) is 13.8. The Hall–Kier alpha value is -1.94. The summed E-state index contributed by atoms with van der Waals surface area (Å²) >= 11 is 1.83. The van der Waals surface area contributed by atoms with Gasteiger partial charge in [-0.05, 0) is 43.5 Å². The van der Waals surface area contributed by atoms with Crippen molar-refractivity contribution in [3.8, 4) is 0 Å². The van der Waals surface area contributed by atoms with E-state index >= 15 is 0 Å². The molecule has 0 aliphatic carbocycles. The van der Waals surface area contributed by atoms with Crippen molar-refractivity contribution in [3.05, 3.63) is 64.7 Å². The monoisotopic (exact) mass is 326 g/mol. The average Bonchev–Trinajstić information content (AvgIpc) is 2.99. The van der Waals surface area contributed by atoms with Crippen LogP contribution in [0.3, 0.4) is 0 Å². The Balaban J connectivity index is 1.81. The number of rotatable bonds is 2. The molecule has 0 saturated carbocycles.